The van der Waals surface area contributed by atoms with E-state index in [0.29, 0.717) is 13.1 Å². The van der Waals surface area contributed by atoms with Crippen molar-refractivity contribution in [1.82, 2.24) is 15.1 Å². The molecule has 0 unspecified atom stereocenters. The molecule has 2 amide bonds. The molecule has 26 heavy (non-hydrogen) atoms. The van der Waals surface area contributed by atoms with E-state index in [1.807, 2.05) is 13.8 Å². The Bertz CT molecular complexity index is 777. The number of amides is 2. The predicted octanol–water partition coefficient (Wildman–Crippen LogP) is 2.90. The summed E-state index contributed by atoms with van der Waals surface area (Å²) >= 11 is 0. The molecule has 2 rings (SSSR count). The largest absolute Gasteiger partial charge is 0.435 e. The second-order valence-electron chi connectivity index (χ2n) is 5.36. The topological polar surface area (TPSA) is 85.3 Å². The minimum Gasteiger partial charge on any atom is -0.435 e. The second-order valence-corrected chi connectivity index (χ2v) is 5.36. The Morgan fingerprint density at radius 1 is 1.27 bits per heavy atom. The maximum absolute atomic E-state index is 12.4. The summed E-state index contributed by atoms with van der Waals surface area (Å²) < 4.78 is 30.4. The van der Waals surface area contributed by atoms with E-state index in [0.717, 1.165) is 6.42 Å². The van der Waals surface area contributed by atoms with Crippen LogP contribution in [0.1, 0.15) is 41.1 Å². The van der Waals surface area contributed by atoms with Crippen LogP contribution in [0.3, 0.4) is 0 Å². The molecule has 0 radical (unpaired) electrons. The van der Waals surface area contributed by atoms with Gasteiger partial charge in [-0.2, -0.15) is 13.9 Å². The third kappa shape index (κ3) is 5.01. The van der Waals surface area contributed by atoms with Gasteiger partial charge < -0.3 is 15.4 Å². The number of aryl methyl sites for hydroxylation is 1. The zero-order valence-corrected chi connectivity index (χ0v) is 14.5. The van der Waals surface area contributed by atoms with Crippen LogP contribution in [0.25, 0.3) is 0 Å². The van der Waals surface area contributed by atoms with Crippen molar-refractivity contribution in [1.29, 1.82) is 0 Å². The molecule has 7 nitrogen and oxygen atoms in total. The summed E-state index contributed by atoms with van der Waals surface area (Å²) in [5.74, 6) is -1.09. The van der Waals surface area contributed by atoms with Crippen molar-refractivity contribution < 1.29 is 23.1 Å². The fourth-order valence-corrected chi connectivity index (χ4v) is 2.17. The number of ether oxygens (including phenoxy) is 1. The van der Waals surface area contributed by atoms with Crippen LogP contribution in [0.5, 0.6) is 5.75 Å². The van der Waals surface area contributed by atoms with E-state index < -0.39 is 18.4 Å². The van der Waals surface area contributed by atoms with Crippen LogP contribution in [-0.2, 0) is 6.54 Å². The molecule has 1 aromatic heterocycles. The summed E-state index contributed by atoms with van der Waals surface area (Å²) in [6, 6.07) is 5.40. The minimum atomic E-state index is -2.98. The molecule has 1 heterocycles. The number of anilines is 1. The maximum Gasteiger partial charge on any atom is 0.387 e. The molecule has 0 bridgehead atoms. The summed E-state index contributed by atoms with van der Waals surface area (Å²) in [5.41, 5.74) is 0.451. The van der Waals surface area contributed by atoms with Crippen molar-refractivity contribution in [2.24, 2.45) is 0 Å². The number of nitrogens with one attached hydrogen (secondary N) is 2. The second kappa shape index (κ2) is 8.93. The van der Waals surface area contributed by atoms with E-state index >= 15 is 0 Å². The highest BCUT2D eigenvalue weighted by Crippen LogP contribution is 2.19. The van der Waals surface area contributed by atoms with E-state index in [-0.39, 0.29) is 22.7 Å². The molecule has 2 aromatic rings. The van der Waals surface area contributed by atoms with E-state index in [1.54, 1.807) is 0 Å². The Balaban J connectivity index is 2.20. The number of benzene rings is 1. The van der Waals surface area contributed by atoms with E-state index in [2.05, 4.69) is 20.5 Å². The van der Waals surface area contributed by atoms with Crippen LogP contribution in [0.2, 0.25) is 0 Å². The first-order valence-corrected chi connectivity index (χ1v) is 8.16. The average Bonchev–Trinajstić information content (AvgIpc) is 3.02. The molecule has 0 spiro atoms. The Morgan fingerprint density at radius 2 is 2.04 bits per heavy atom. The lowest BCUT2D eigenvalue weighted by molar-refractivity contribution is -0.0498. The number of carbonyl (C=O) groups is 2. The number of hydrogen-bond acceptors (Lipinski definition) is 4. The third-order valence-electron chi connectivity index (χ3n) is 3.41. The van der Waals surface area contributed by atoms with Crippen molar-refractivity contribution in [2.45, 2.75) is 33.4 Å². The summed E-state index contributed by atoms with van der Waals surface area (Å²) in [7, 11) is 0. The SMILES string of the molecule is CCCNC(=O)c1nn(CC)cc1NC(=O)c1cccc(OC(F)F)c1. The Kier molecular flexibility index (Phi) is 6.65. The molecule has 9 heteroatoms. The van der Waals surface area contributed by atoms with Gasteiger partial charge in [0.15, 0.2) is 5.69 Å². The summed E-state index contributed by atoms with van der Waals surface area (Å²) in [6.45, 7) is 1.78. The van der Waals surface area contributed by atoms with Gasteiger partial charge in [-0.05, 0) is 31.5 Å². The Hall–Kier alpha value is -2.97. The zero-order valence-electron chi connectivity index (χ0n) is 14.5. The van der Waals surface area contributed by atoms with Crippen molar-refractivity contribution in [3.05, 3.63) is 41.7 Å². The average molecular weight is 366 g/mol. The van der Waals surface area contributed by atoms with E-state index in [4.69, 9.17) is 0 Å². The quantitative estimate of drug-likeness (QED) is 0.752. The van der Waals surface area contributed by atoms with Gasteiger partial charge in [-0.15, -0.1) is 0 Å². The summed E-state index contributed by atoms with van der Waals surface area (Å²) in [6.07, 6.45) is 2.30. The molecule has 0 aliphatic rings. The normalized spacial score (nSPS) is 10.7. The summed E-state index contributed by atoms with van der Waals surface area (Å²) in [4.78, 5) is 24.6. The Morgan fingerprint density at radius 3 is 2.69 bits per heavy atom. The zero-order chi connectivity index (χ0) is 19.1. The van der Waals surface area contributed by atoms with E-state index in [1.165, 1.54) is 35.1 Å². The van der Waals surface area contributed by atoms with Gasteiger partial charge in [0.1, 0.15) is 5.75 Å². The molecule has 0 saturated heterocycles. The molecule has 0 fully saturated rings. The van der Waals surface area contributed by atoms with Gasteiger partial charge in [-0.3, -0.25) is 14.3 Å². The highest BCUT2D eigenvalue weighted by Gasteiger charge is 2.19. The number of rotatable bonds is 8. The fraction of sp³-hybridized carbons (Fsp3) is 0.353. The number of hydrogen-bond donors (Lipinski definition) is 2. The lowest BCUT2D eigenvalue weighted by Crippen LogP contribution is -2.26. The van der Waals surface area contributed by atoms with Crippen molar-refractivity contribution >= 4 is 17.5 Å². The third-order valence-corrected chi connectivity index (χ3v) is 3.41. The minimum absolute atomic E-state index is 0.0913. The van der Waals surface area contributed by atoms with Gasteiger partial charge >= 0.3 is 6.61 Å². The van der Waals surface area contributed by atoms with Crippen LogP contribution in [0.15, 0.2) is 30.5 Å². The molecule has 0 saturated carbocycles. The maximum atomic E-state index is 12.4. The van der Waals surface area contributed by atoms with Crippen molar-refractivity contribution in [2.75, 3.05) is 11.9 Å². The van der Waals surface area contributed by atoms with Gasteiger partial charge in [-0.1, -0.05) is 13.0 Å². The smallest absolute Gasteiger partial charge is 0.387 e. The van der Waals surface area contributed by atoms with Gasteiger partial charge in [0.2, 0.25) is 0 Å². The molecule has 0 atom stereocenters. The first kappa shape index (κ1) is 19.4. The van der Waals surface area contributed by atoms with Crippen LogP contribution < -0.4 is 15.4 Å². The van der Waals surface area contributed by atoms with E-state index in [9.17, 15) is 18.4 Å². The van der Waals surface area contributed by atoms with Crippen LogP contribution in [0.4, 0.5) is 14.5 Å². The number of carbonyl (C=O) groups excluding carboxylic acids is 2. The fourth-order valence-electron chi connectivity index (χ4n) is 2.17. The number of halogens is 2. The first-order chi connectivity index (χ1) is 12.4. The molecular weight excluding hydrogens is 346 g/mol. The van der Waals surface area contributed by atoms with Crippen LogP contribution in [0, 0.1) is 0 Å². The van der Waals surface area contributed by atoms with Crippen LogP contribution in [-0.4, -0.2) is 34.8 Å². The number of nitrogens with zero attached hydrogens (tertiary/aromatic N) is 2. The van der Waals surface area contributed by atoms with Crippen molar-refractivity contribution in [3.8, 4) is 5.75 Å². The monoisotopic (exact) mass is 366 g/mol. The van der Waals surface area contributed by atoms with Gasteiger partial charge in [0.25, 0.3) is 11.8 Å². The molecular formula is C17H20F2N4O3. The number of aromatic nitrogens is 2. The number of alkyl halides is 2. The molecule has 140 valence electrons. The predicted molar refractivity (Wildman–Crippen MR) is 91.6 cm³/mol. The Labute approximate surface area is 149 Å². The highest BCUT2D eigenvalue weighted by atomic mass is 19.3. The van der Waals surface area contributed by atoms with Crippen LogP contribution >= 0.6 is 0 Å². The lowest BCUT2D eigenvalue weighted by Gasteiger charge is -2.08. The standard InChI is InChI=1S/C17H20F2N4O3/c1-3-8-20-16(25)14-13(10-23(4-2)22-14)21-15(24)11-6-5-7-12(9-11)26-17(18)19/h5-7,9-10,17H,3-4,8H2,1-2H3,(H,20,25)(H,21,24). The summed E-state index contributed by atoms with van der Waals surface area (Å²) in [5, 5.41) is 9.45. The van der Waals surface area contributed by atoms with Crippen molar-refractivity contribution in [3.63, 3.8) is 0 Å². The molecule has 0 aliphatic heterocycles. The molecule has 1 aromatic carbocycles. The van der Waals surface area contributed by atoms with Gasteiger partial charge in [0.05, 0.1) is 5.69 Å². The van der Waals surface area contributed by atoms with Gasteiger partial charge in [-0.25, -0.2) is 0 Å². The first-order valence-electron chi connectivity index (χ1n) is 8.16. The highest BCUT2D eigenvalue weighted by molar-refractivity contribution is 6.08. The van der Waals surface area contributed by atoms with Gasteiger partial charge in [0, 0.05) is 24.8 Å². The molecule has 2 N–H and O–H groups in total. The lowest BCUT2D eigenvalue weighted by atomic mass is 10.2. The molecule has 0 aliphatic carbocycles.